The first-order valence-electron chi connectivity index (χ1n) is 12.7. The molecule has 0 spiro atoms. The van der Waals surface area contributed by atoms with Crippen LogP contribution < -0.4 is 14.8 Å². The van der Waals surface area contributed by atoms with Crippen molar-refractivity contribution in [1.82, 2.24) is 15.1 Å². The molecule has 1 aromatic carbocycles. The molecule has 9 nitrogen and oxygen atoms in total. The molecule has 2 atom stereocenters. The summed E-state index contributed by atoms with van der Waals surface area (Å²) in [6, 6.07) is 5.26. The lowest BCUT2D eigenvalue weighted by Gasteiger charge is -2.31. The highest BCUT2D eigenvalue weighted by atomic mass is 16.6. The van der Waals surface area contributed by atoms with Crippen molar-refractivity contribution in [3.8, 4) is 11.5 Å². The van der Waals surface area contributed by atoms with E-state index in [-0.39, 0.29) is 29.9 Å². The maximum atomic E-state index is 13.7. The quantitative estimate of drug-likeness (QED) is 0.432. The normalized spacial score (nSPS) is 17.9. The molecule has 1 aromatic rings. The van der Waals surface area contributed by atoms with E-state index in [1.807, 2.05) is 46.6 Å². The fraction of sp³-hybridized carbons (Fsp3) is 0.704. The summed E-state index contributed by atoms with van der Waals surface area (Å²) in [5.41, 5.74) is -0.0101. The zero-order valence-electron chi connectivity index (χ0n) is 23.3. The second-order valence-corrected chi connectivity index (χ2v) is 10.6. The van der Waals surface area contributed by atoms with Crippen LogP contribution in [0.1, 0.15) is 51.4 Å². The van der Waals surface area contributed by atoms with Crippen molar-refractivity contribution in [1.29, 1.82) is 0 Å². The number of nitrogens with one attached hydrogen (secondary N) is 1. The molecule has 2 rings (SSSR count). The van der Waals surface area contributed by atoms with E-state index >= 15 is 0 Å². The van der Waals surface area contributed by atoms with Crippen LogP contribution in [0, 0.1) is 11.8 Å². The Morgan fingerprint density at radius 2 is 1.81 bits per heavy atom. The molecule has 0 bridgehead atoms. The zero-order valence-corrected chi connectivity index (χ0v) is 23.3. The zero-order chi connectivity index (χ0) is 26.9. The van der Waals surface area contributed by atoms with E-state index in [1.165, 1.54) is 0 Å². The van der Waals surface area contributed by atoms with Crippen molar-refractivity contribution < 1.29 is 28.5 Å². The van der Waals surface area contributed by atoms with Gasteiger partial charge in [0.25, 0.3) is 5.91 Å². The molecule has 204 valence electrons. The number of likely N-dealkylation sites (tertiary alicyclic amines) is 1. The van der Waals surface area contributed by atoms with Crippen molar-refractivity contribution in [2.24, 2.45) is 11.8 Å². The van der Waals surface area contributed by atoms with Gasteiger partial charge in [0, 0.05) is 51.4 Å². The van der Waals surface area contributed by atoms with Crippen LogP contribution in [0.5, 0.6) is 11.5 Å². The molecule has 1 saturated heterocycles. The Hall–Kier alpha value is -2.52. The smallest absolute Gasteiger partial charge is 0.410 e. The molecule has 9 heteroatoms. The molecular weight excluding hydrogens is 462 g/mol. The van der Waals surface area contributed by atoms with Gasteiger partial charge in [-0.3, -0.25) is 4.79 Å². The molecule has 1 fully saturated rings. The second kappa shape index (κ2) is 13.7. The average molecular weight is 508 g/mol. The number of hydrogen-bond acceptors (Lipinski definition) is 7. The van der Waals surface area contributed by atoms with E-state index in [2.05, 4.69) is 5.32 Å². The van der Waals surface area contributed by atoms with E-state index in [9.17, 15) is 9.59 Å². The third-order valence-corrected chi connectivity index (χ3v) is 6.17. The first-order chi connectivity index (χ1) is 17.0. The Labute approximate surface area is 216 Å². The number of nitrogens with zero attached hydrogens (tertiary/aromatic N) is 2. The molecule has 1 aliphatic rings. The minimum absolute atomic E-state index is 0.0171. The number of amides is 2. The maximum absolute atomic E-state index is 13.7. The summed E-state index contributed by atoms with van der Waals surface area (Å²) in [6.45, 7) is 13.1. The van der Waals surface area contributed by atoms with Gasteiger partial charge in [-0.25, -0.2) is 4.79 Å². The van der Waals surface area contributed by atoms with Crippen molar-refractivity contribution in [3.63, 3.8) is 0 Å². The first-order valence-corrected chi connectivity index (χ1v) is 12.7. The minimum Gasteiger partial charge on any atom is -0.493 e. The van der Waals surface area contributed by atoms with Gasteiger partial charge in [-0.1, -0.05) is 0 Å². The molecule has 2 amide bonds. The number of methoxy groups -OCH3 is 2. The molecule has 0 aromatic heterocycles. The van der Waals surface area contributed by atoms with Gasteiger partial charge in [-0.2, -0.15) is 0 Å². The molecule has 2 unspecified atom stereocenters. The number of carbonyl (C=O) groups excluding carboxylic acids is 2. The van der Waals surface area contributed by atoms with Crippen molar-refractivity contribution >= 4 is 12.0 Å². The summed E-state index contributed by atoms with van der Waals surface area (Å²) < 4.78 is 22.0. The monoisotopic (exact) mass is 507 g/mol. The Balaban J connectivity index is 2.19. The lowest BCUT2D eigenvalue weighted by Crippen LogP contribution is -2.43. The summed E-state index contributed by atoms with van der Waals surface area (Å²) in [5.74, 6) is 1.38. The predicted molar refractivity (Wildman–Crippen MR) is 140 cm³/mol. The van der Waals surface area contributed by atoms with Crippen LogP contribution in [0.2, 0.25) is 0 Å². The van der Waals surface area contributed by atoms with Crippen molar-refractivity contribution in [2.75, 3.05) is 60.7 Å². The van der Waals surface area contributed by atoms with Crippen LogP contribution in [0.4, 0.5) is 4.79 Å². The molecule has 36 heavy (non-hydrogen) atoms. The number of rotatable bonds is 12. The third kappa shape index (κ3) is 8.55. The van der Waals surface area contributed by atoms with Gasteiger partial charge < -0.3 is 34.1 Å². The van der Waals surface area contributed by atoms with Crippen molar-refractivity contribution in [2.45, 2.75) is 52.7 Å². The number of hydrogen-bond donors (Lipinski definition) is 1. The van der Waals surface area contributed by atoms with Gasteiger partial charge in [0.05, 0.1) is 13.7 Å². The van der Waals surface area contributed by atoms with Crippen molar-refractivity contribution in [3.05, 3.63) is 23.8 Å². The van der Waals surface area contributed by atoms with Crippen LogP contribution in [0.15, 0.2) is 18.2 Å². The van der Waals surface area contributed by atoms with Crippen LogP contribution >= 0.6 is 0 Å². The molecule has 0 aliphatic carbocycles. The number of carbonyl (C=O) groups is 2. The first kappa shape index (κ1) is 29.7. The van der Waals surface area contributed by atoms with E-state index < -0.39 is 5.60 Å². The second-order valence-electron chi connectivity index (χ2n) is 10.6. The molecular formula is C27H45N3O6. The topological polar surface area (TPSA) is 89.6 Å². The molecule has 0 saturated carbocycles. The fourth-order valence-electron chi connectivity index (χ4n) is 4.37. The highest BCUT2D eigenvalue weighted by Crippen LogP contribution is 2.31. The van der Waals surface area contributed by atoms with Gasteiger partial charge in [-0.15, -0.1) is 0 Å². The Bertz CT molecular complexity index is 854. The summed E-state index contributed by atoms with van der Waals surface area (Å²) in [4.78, 5) is 30.0. The van der Waals surface area contributed by atoms with Gasteiger partial charge in [0.1, 0.15) is 5.60 Å². The lowest BCUT2D eigenvalue weighted by atomic mass is 9.94. The van der Waals surface area contributed by atoms with Crippen LogP contribution in [0.3, 0.4) is 0 Å². The van der Waals surface area contributed by atoms with E-state index in [0.29, 0.717) is 49.9 Å². The molecule has 0 radical (unpaired) electrons. The van der Waals surface area contributed by atoms with Gasteiger partial charge >= 0.3 is 6.09 Å². The van der Waals surface area contributed by atoms with Crippen LogP contribution in [0.25, 0.3) is 0 Å². The molecule has 1 aliphatic heterocycles. The fourth-order valence-corrected chi connectivity index (χ4v) is 4.37. The summed E-state index contributed by atoms with van der Waals surface area (Å²) in [7, 11) is 5.14. The molecule has 1 N–H and O–H groups in total. The van der Waals surface area contributed by atoms with E-state index in [4.69, 9.17) is 18.9 Å². The number of ether oxygens (including phenoxy) is 4. The van der Waals surface area contributed by atoms with Gasteiger partial charge in [-0.05, 0) is 78.2 Å². The largest absolute Gasteiger partial charge is 0.493 e. The molecule has 1 heterocycles. The van der Waals surface area contributed by atoms with Crippen LogP contribution in [-0.4, -0.2) is 94.1 Å². The van der Waals surface area contributed by atoms with E-state index in [1.54, 1.807) is 37.3 Å². The van der Waals surface area contributed by atoms with Gasteiger partial charge in [0.15, 0.2) is 11.5 Å². The Kier molecular flexibility index (Phi) is 11.3. The number of benzene rings is 1. The Morgan fingerprint density at radius 3 is 2.39 bits per heavy atom. The summed E-state index contributed by atoms with van der Waals surface area (Å²) in [6.07, 6.45) is 0.428. The standard InChI is InChI=1S/C27H45N3O6/c1-19(2)30(18-22-17-29(16-21(22)15-28-6)26(32)36-27(3,4)5)25(31)20-10-11-23(34-8)24(14-20)35-13-9-12-33-7/h10-11,14,19,21-22,28H,9,12-13,15-18H2,1-8H3. The maximum Gasteiger partial charge on any atom is 0.410 e. The third-order valence-electron chi connectivity index (χ3n) is 6.17. The van der Waals surface area contributed by atoms with E-state index in [0.717, 1.165) is 13.0 Å². The highest BCUT2D eigenvalue weighted by Gasteiger charge is 2.38. The predicted octanol–water partition coefficient (Wildman–Crippen LogP) is 3.66. The minimum atomic E-state index is -0.550. The lowest BCUT2D eigenvalue weighted by molar-refractivity contribution is 0.0282. The van der Waals surface area contributed by atoms with Gasteiger partial charge in [0.2, 0.25) is 0 Å². The SMILES string of the molecule is CNCC1CN(C(=O)OC(C)(C)C)CC1CN(C(=O)c1ccc(OC)c(OCCCOC)c1)C(C)C. The average Bonchev–Trinajstić information content (AvgIpc) is 3.21. The highest BCUT2D eigenvalue weighted by molar-refractivity contribution is 5.95. The van der Waals surface area contributed by atoms with Crippen LogP contribution in [-0.2, 0) is 9.47 Å². The summed E-state index contributed by atoms with van der Waals surface area (Å²) in [5, 5.41) is 3.24. The Morgan fingerprint density at radius 1 is 1.11 bits per heavy atom. The summed E-state index contributed by atoms with van der Waals surface area (Å²) >= 11 is 0.